The molecule has 3 nitrogen and oxygen atoms in total. The van der Waals surface area contributed by atoms with Gasteiger partial charge >= 0.3 is 5.97 Å². The Labute approximate surface area is 76.7 Å². The van der Waals surface area contributed by atoms with E-state index < -0.39 is 35.8 Å². The number of hydrogen-bond donors (Lipinski definition) is 1. The van der Waals surface area contributed by atoms with Gasteiger partial charge in [-0.1, -0.05) is 0 Å². The zero-order chi connectivity index (χ0) is 10.7. The Morgan fingerprint density at radius 3 is 2.50 bits per heavy atom. The number of hydrogen-bond acceptors (Lipinski definition) is 3. The molecule has 0 spiro atoms. The quantitative estimate of drug-likeness (QED) is 0.446. The molecule has 1 aromatic carbocycles. The highest BCUT2D eigenvalue weighted by atomic mass is 19.2. The monoisotopic (exact) mass is 206 g/mol. The highest BCUT2D eigenvalue weighted by Crippen LogP contribution is 2.21. The minimum Gasteiger partial charge on any atom is -0.422 e. The summed E-state index contributed by atoms with van der Waals surface area (Å²) in [5.74, 6) is -6.64. The van der Waals surface area contributed by atoms with Crippen molar-refractivity contribution < 1.29 is 27.8 Å². The second-order valence-electron chi connectivity index (χ2n) is 2.31. The van der Waals surface area contributed by atoms with Crippen molar-refractivity contribution in [2.24, 2.45) is 0 Å². The SMILES string of the molecule is O=C(CO)Oc1ccc(F)c(F)c1F. The van der Waals surface area contributed by atoms with Crippen molar-refractivity contribution in [1.82, 2.24) is 0 Å². The van der Waals surface area contributed by atoms with Crippen molar-refractivity contribution in [3.05, 3.63) is 29.6 Å². The van der Waals surface area contributed by atoms with Crippen molar-refractivity contribution in [3.8, 4) is 5.75 Å². The average Bonchev–Trinajstić information content (AvgIpc) is 2.19. The highest BCUT2D eigenvalue weighted by Gasteiger charge is 2.16. The van der Waals surface area contributed by atoms with Crippen molar-refractivity contribution in [2.45, 2.75) is 0 Å². The summed E-state index contributed by atoms with van der Waals surface area (Å²) in [5, 5.41) is 8.25. The van der Waals surface area contributed by atoms with E-state index in [0.717, 1.165) is 6.07 Å². The van der Waals surface area contributed by atoms with Crippen molar-refractivity contribution in [3.63, 3.8) is 0 Å². The van der Waals surface area contributed by atoms with Crippen LogP contribution in [-0.4, -0.2) is 17.7 Å². The number of halogens is 3. The van der Waals surface area contributed by atoms with E-state index in [9.17, 15) is 18.0 Å². The lowest BCUT2D eigenvalue weighted by atomic mass is 10.3. The Morgan fingerprint density at radius 1 is 1.29 bits per heavy atom. The van der Waals surface area contributed by atoms with Gasteiger partial charge in [-0.2, -0.15) is 4.39 Å². The molecule has 0 unspecified atom stereocenters. The Bertz CT molecular complexity index is 365. The number of ether oxygens (including phenoxy) is 1. The standard InChI is InChI=1S/C8H5F3O3/c9-4-1-2-5(8(11)7(4)10)14-6(13)3-12/h1-2,12H,3H2. The topological polar surface area (TPSA) is 46.5 Å². The van der Waals surface area contributed by atoms with Crippen LogP contribution in [0, 0.1) is 17.5 Å². The van der Waals surface area contributed by atoms with Crippen molar-refractivity contribution >= 4 is 5.97 Å². The summed E-state index contributed by atoms with van der Waals surface area (Å²) in [6.45, 7) is -0.974. The Balaban J connectivity index is 3.00. The zero-order valence-corrected chi connectivity index (χ0v) is 6.76. The van der Waals surface area contributed by atoms with Gasteiger partial charge in [-0.15, -0.1) is 0 Å². The number of benzene rings is 1. The lowest BCUT2D eigenvalue weighted by molar-refractivity contribution is -0.137. The maximum atomic E-state index is 12.8. The van der Waals surface area contributed by atoms with Gasteiger partial charge in [-0.05, 0) is 12.1 Å². The first-order chi connectivity index (χ1) is 6.56. The lowest BCUT2D eigenvalue weighted by Crippen LogP contribution is -2.13. The van der Waals surface area contributed by atoms with E-state index in [0.29, 0.717) is 6.07 Å². The highest BCUT2D eigenvalue weighted by molar-refractivity contribution is 5.73. The second-order valence-corrected chi connectivity index (χ2v) is 2.31. The molecule has 0 fully saturated rings. The Morgan fingerprint density at radius 2 is 1.93 bits per heavy atom. The van der Waals surface area contributed by atoms with E-state index in [4.69, 9.17) is 5.11 Å². The van der Waals surface area contributed by atoms with Crippen LogP contribution >= 0.6 is 0 Å². The second kappa shape index (κ2) is 4.10. The first kappa shape index (κ1) is 10.5. The van der Waals surface area contributed by atoms with Gasteiger partial charge in [0.1, 0.15) is 6.61 Å². The predicted octanol–water partition coefficient (Wildman–Crippen LogP) is 1.00. The average molecular weight is 206 g/mol. The molecule has 0 aliphatic heterocycles. The normalized spacial score (nSPS) is 10.0. The van der Waals surface area contributed by atoms with Crippen LogP contribution < -0.4 is 4.74 Å². The van der Waals surface area contributed by atoms with Crippen LogP contribution in [0.25, 0.3) is 0 Å². The summed E-state index contributed by atoms with van der Waals surface area (Å²) in [7, 11) is 0. The van der Waals surface area contributed by atoms with Gasteiger partial charge in [0.2, 0.25) is 5.82 Å². The van der Waals surface area contributed by atoms with Crippen LogP contribution in [0.4, 0.5) is 13.2 Å². The number of esters is 1. The Kier molecular flexibility index (Phi) is 3.08. The van der Waals surface area contributed by atoms with E-state index in [-0.39, 0.29) is 0 Å². The maximum absolute atomic E-state index is 12.8. The summed E-state index contributed by atoms with van der Waals surface area (Å²) in [6, 6.07) is 1.36. The first-order valence-corrected chi connectivity index (χ1v) is 3.51. The molecular weight excluding hydrogens is 201 g/mol. The van der Waals surface area contributed by atoms with Crippen LogP contribution in [-0.2, 0) is 4.79 Å². The van der Waals surface area contributed by atoms with Crippen molar-refractivity contribution in [2.75, 3.05) is 6.61 Å². The van der Waals surface area contributed by atoms with Crippen LogP contribution in [0.3, 0.4) is 0 Å². The molecule has 0 heterocycles. The lowest BCUT2D eigenvalue weighted by Gasteiger charge is -2.04. The number of carbonyl (C=O) groups excluding carboxylic acids is 1. The molecular formula is C8H5F3O3. The van der Waals surface area contributed by atoms with Crippen LogP contribution in [0.5, 0.6) is 5.75 Å². The van der Waals surface area contributed by atoms with Gasteiger partial charge in [0, 0.05) is 0 Å². The largest absolute Gasteiger partial charge is 0.422 e. The number of aliphatic hydroxyl groups is 1. The summed E-state index contributed by atoms with van der Waals surface area (Å²) in [5.41, 5.74) is 0. The van der Waals surface area contributed by atoms with Crippen LogP contribution in [0.2, 0.25) is 0 Å². The Hall–Kier alpha value is -1.56. The van der Waals surface area contributed by atoms with E-state index in [1.807, 2.05) is 0 Å². The fraction of sp³-hybridized carbons (Fsp3) is 0.125. The number of rotatable bonds is 2. The van der Waals surface area contributed by atoms with E-state index >= 15 is 0 Å². The van der Waals surface area contributed by atoms with Gasteiger partial charge < -0.3 is 9.84 Å². The molecule has 14 heavy (non-hydrogen) atoms. The predicted molar refractivity (Wildman–Crippen MR) is 39.0 cm³/mol. The number of aliphatic hydroxyl groups excluding tert-OH is 1. The fourth-order valence-corrected chi connectivity index (χ4v) is 0.742. The third-order valence-corrected chi connectivity index (χ3v) is 1.35. The first-order valence-electron chi connectivity index (χ1n) is 3.51. The smallest absolute Gasteiger partial charge is 0.337 e. The van der Waals surface area contributed by atoms with Gasteiger partial charge in [0.05, 0.1) is 0 Å². The van der Waals surface area contributed by atoms with Gasteiger partial charge in [0.25, 0.3) is 0 Å². The molecule has 6 heteroatoms. The minimum absolute atomic E-state index is 0.610. The summed E-state index contributed by atoms with van der Waals surface area (Å²) < 4.78 is 41.9. The molecule has 1 aromatic rings. The fourth-order valence-electron chi connectivity index (χ4n) is 0.742. The molecule has 0 atom stereocenters. The van der Waals surface area contributed by atoms with E-state index in [2.05, 4.69) is 4.74 Å². The third-order valence-electron chi connectivity index (χ3n) is 1.35. The third kappa shape index (κ3) is 2.02. The van der Waals surface area contributed by atoms with Gasteiger partial charge in [0.15, 0.2) is 17.4 Å². The zero-order valence-electron chi connectivity index (χ0n) is 6.76. The molecule has 1 N–H and O–H groups in total. The summed E-state index contributed by atoms with van der Waals surface area (Å²) in [4.78, 5) is 10.5. The van der Waals surface area contributed by atoms with E-state index in [1.165, 1.54) is 0 Å². The molecule has 0 saturated heterocycles. The van der Waals surface area contributed by atoms with Gasteiger partial charge in [-0.3, -0.25) is 0 Å². The molecule has 0 saturated carbocycles. The van der Waals surface area contributed by atoms with Crippen molar-refractivity contribution in [1.29, 1.82) is 0 Å². The molecule has 1 rings (SSSR count). The summed E-state index contributed by atoms with van der Waals surface area (Å²) in [6.07, 6.45) is 0. The van der Waals surface area contributed by atoms with Gasteiger partial charge in [-0.25, -0.2) is 13.6 Å². The number of carbonyl (C=O) groups is 1. The molecule has 0 aliphatic carbocycles. The molecule has 0 radical (unpaired) electrons. The molecule has 0 bridgehead atoms. The molecule has 0 aromatic heterocycles. The van der Waals surface area contributed by atoms with Crippen LogP contribution in [0.1, 0.15) is 0 Å². The molecule has 76 valence electrons. The summed E-state index contributed by atoms with van der Waals surface area (Å²) >= 11 is 0. The molecule has 0 amide bonds. The maximum Gasteiger partial charge on any atom is 0.337 e. The minimum atomic E-state index is -1.73. The van der Waals surface area contributed by atoms with Crippen LogP contribution in [0.15, 0.2) is 12.1 Å². The molecule has 0 aliphatic rings. The van der Waals surface area contributed by atoms with E-state index in [1.54, 1.807) is 0 Å².